The standard InChI is InChI=1S/C26H31NO6/c1-16-7-17(2)9-22(8-16)33-25-15-31-24-10-21(5-6-23(24)26(25)29)30-14-20(28)13-27-11-18(3)32-19(4)12-27/h5-10,15,18-20,28H,11-14H2,1-4H3/t18-,19-,20-/m0/s1. The van der Waals surface area contributed by atoms with E-state index in [4.69, 9.17) is 18.6 Å². The molecule has 0 bridgehead atoms. The first-order valence-corrected chi connectivity index (χ1v) is 11.3. The number of fused-ring (bicyclic) bond motifs is 1. The van der Waals surface area contributed by atoms with Crippen LogP contribution in [0, 0.1) is 13.8 Å². The molecule has 1 aliphatic heterocycles. The van der Waals surface area contributed by atoms with Crippen LogP contribution in [0.15, 0.2) is 51.9 Å². The summed E-state index contributed by atoms with van der Waals surface area (Å²) in [4.78, 5) is 15.1. The van der Waals surface area contributed by atoms with Crippen LogP contribution < -0.4 is 14.9 Å². The highest BCUT2D eigenvalue weighted by Gasteiger charge is 2.24. The van der Waals surface area contributed by atoms with Crippen molar-refractivity contribution >= 4 is 11.0 Å². The molecule has 1 aromatic heterocycles. The molecule has 0 amide bonds. The Hall–Kier alpha value is -2.87. The summed E-state index contributed by atoms with van der Waals surface area (Å²) in [5, 5.41) is 10.8. The van der Waals surface area contributed by atoms with Crippen molar-refractivity contribution < 1.29 is 23.7 Å². The summed E-state index contributed by atoms with van der Waals surface area (Å²) in [7, 11) is 0. The van der Waals surface area contributed by atoms with Crippen LogP contribution in [-0.2, 0) is 4.74 Å². The van der Waals surface area contributed by atoms with Crippen molar-refractivity contribution in [1.29, 1.82) is 0 Å². The van der Waals surface area contributed by atoms with E-state index in [1.54, 1.807) is 18.2 Å². The van der Waals surface area contributed by atoms with Gasteiger partial charge < -0.3 is 23.7 Å². The highest BCUT2D eigenvalue weighted by molar-refractivity contribution is 5.79. The molecule has 3 atom stereocenters. The smallest absolute Gasteiger partial charge is 0.235 e. The second-order valence-corrected chi connectivity index (χ2v) is 8.95. The molecule has 1 N–H and O–H groups in total. The molecule has 7 nitrogen and oxygen atoms in total. The Balaban J connectivity index is 1.41. The number of nitrogens with zero attached hydrogens (tertiary/aromatic N) is 1. The summed E-state index contributed by atoms with van der Waals surface area (Å²) < 4.78 is 22.9. The second-order valence-electron chi connectivity index (χ2n) is 8.95. The minimum absolute atomic E-state index is 0.130. The number of morpholine rings is 1. The van der Waals surface area contributed by atoms with Crippen molar-refractivity contribution in [3.63, 3.8) is 0 Å². The summed E-state index contributed by atoms with van der Waals surface area (Å²) in [6.45, 7) is 10.2. The van der Waals surface area contributed by atoms with Gasteiger partial charge in [-0.2, -0.15) is 0 Å². The average Bonchev–Trinajstić information content (AvgIpc) is 2.73. The van der Waals surface area contributed by atoms with Gasteiger partial charge in [-0.1, -0.05) is 6.07 Å². The molecule has 0 saturated carbocycles. The van der Waals surface area contributed by atoms with E-state index < -0.39 is 6.10 Å². The lowest BCUT2D eigenvalue weighted by Gasteiger charge is -2.36. The van der Waals surface area contributed by atoms with E-state index >= 15 is 0 Å². The number of aryl methyl sites for hydroxylation is 2. The molecule has 33 heavy (non-hydrogen) atoms. The van der Waals surface area contributed by atoms with E-state index in [0.29, 0.717) is 29.0 Å². The van der Waals surface area contributed by atoms with Crippen LogP contribution in [0.3, 0.4) is 0 Å². The Labute approximate surface area is 193 Å². The highest BCUT2D eigenvalue weighted by Crippen LogP contribution is 2.25. The predicted molar refractivity (Wildman–Crippen MR) is 126 cm³/mol. The van der Waals surface area contributed by atoms with Gasteiger partial charge in [0.15, 0.2) is 0 Å². The van der Waals surface area contributed by atoms with Gasteiger partial charge in [0, 0.05) is 25.7 Å². The molecule has 1 aliphatic rings. The van der Waals surface area contributed by atoms with Gasteiger partial charge in [-0.3, -0.25) is 9.69 Å². The van der Waals surface area contributed by atoms with Crippen molar-refractivity contribution in [2.45, 2.75) is 46.0 Å². The molecule has 0 radical (unpaired) electrons. The third-order valence-corrected chi connectivity index (χ3v) is 5.54. The summed E-state index contributed by atoms with van der Waals surface area (Å²) >= 11 is 0. The monoisotopic (exact) mass is 453 g/mol. The molecule has 3 aromatic rings. The van der Waals surface area contributed by atoms with Crippen LogP contribution in [0.25, 0.3) is 11.0 Å². The third kappa shape index (κ3) is 5.93. The summed E-state index contributed by atoms with van der Waals surface area (Å²) in [5.74, 6) is 1.25. The van der Waals surface area contributed by atoms with Crippen LogP contribution in [-0.4, -0.2) is 54.6 Å². The zero-order chi connectivity index (χ0) is 23.5. The van der Waals surface area contributed by atoms with Crippen molar-refractivity contribution in [3.05, 3.63) is 64.0 Å². The molecule has 176 valence electrons. The Morgan fingerprint density at radius 3 is 2.45 bits per heavy atom. The first-order valence-electron chi connectivity index (χ1n) is 11.3. The van der Waals surface area contributed by atoms with Gasteiger partial charge in [0.1, 0.15) is 36.1 Å². The minimum Gasteiger partial charge on any atom is -0.491 e. The first kappa shape index (κ1) is 23.3. The van der Waals surface area contributed by atoms with Crippen LogP contribution >= 0.6 is 0 Å². The first-order chi connectivity index (χ1) is 15.8. The summed E-state index contributed by atoms with van der Waals surface area (Å²) in [6.07, 6.45) is 0.976. The number of hydrogen-bond donors (Lipinski definition) is 1. The van der Waals surface area contributed by atoms with Crippen molar-refractivity contribution in [1.82, 2.24) is 4.90 Å². The van der Waals surface area contributed by atoms with Crippen molar-refractivity contribution in [2.24, 2.45) is 0 Å². The zero-order valence-corrected chi connectivity index (χ0v) is 19.5. The molecule has 4 rings (SSSR count). The van der Waals surface area contributed by atoms with Crippen molar-refractivity contribution in [3.8, 4) is 17.2 Å². The summed E-state index contributed by atoms with van der Waals surface area (Å²) in [5.41, 5.74) is 2.25. The molecule has 0 spiro atoms. The van der Waals surface area contributed by atoms with Gasteiger partial charge in [0.2, 0.25) is 11.2 Å². The normalized spacial score (nSPS) is 20.0. The molecule has 2 aromatic carbocycles. The van der Waals surface area contributed by atoms with Crippen LogP contribution in [0.1, 0.15) is 25.0 Å². The Morgan fingerprint density at radius 2 is 1.76 bits per heavy atom. The topological polar surface area (TPSA) is 81.4 Å². The number of ether oxygens (including phenoxy) is 3. The second kappa shape index (κ2) is 9.95. The van der Waals surface area contributed by atoms with Gasteiger partial charge >= 0.3 is 0 Å². The van der Waals surface area contributed by atoms with Gasteiger partial charge in [0.05, 0.1) is 17.6 Å². The van der Waals surface area contributed by atoms with Gasteiger partial charge in [-0.05, 0) is 63.1 Å². The Kier molecular flexibility index (Phi) is 7.02. The third-order valence-electron chi connectivity index (χ3n) is 5.54. The van der Waals surface area contributed by atoms with E-state index in [9.17, 15) is 9.90 Å². The molecular formula is C26H31NO6. The Bertz CT molecular complexity index is 1140. The fraction of sp³-hybridized carbons (Fsp3) is 0.423. The van der Waals surface area contributed by atoms with E-state index in [2.05, 4.69) is 4.90 Å². The molecule has 2 heterocycles. The largest absolute Gasteiger partial charge is 0.491 e. The molecule has 7 heteroatoms. The number of β-amino-alcohol motifs (C(OH)–C–C–N with tert-alkyl or cyclic N) is 1. The van der Waals surface area contributed by atoms with E-state index in [0.717, 1.165) is 24.2 Å². The van der Waals surface area contributed by atoms with Gasteiger partial charge in [-0.15, -0.1) is 0 Å². The maximum atomic E-state index is 12.9. The minimum atomic E-state index is -0.640. The van der Waals surface area contributed by atoms with Crippen LogP contribution in [0.5, 0.6) is 17.2 Å². The lowest BCUT2D eigenvalue weighted by molar-refractivity contribution is -0.0786. The quantitative estimate of drug-likeness (QED) is 0.578. The van der Waals surface area contributed by atoms with E-state index in [1.165, 1.54) is 6.26 Å². The van der Waals surface area contributed by atoms with Gasteiger partial charge in [0.25, 0.3) is 0 Å². The molecule has 0 aliphatic carbocycles. The number of rotatable bonds is 7. The van der Waals surface area contributed by atoms with E-state index in [1.807, 2.05) is 45.9 Å². The number of aliphatic hydroxyl groups is 1. The zero-order valence-electron chi connectivity index (χ0n) is 19.5. The highest BCUT2D eigenvalue weighted by atomic mass is 16.5. The number of aliphatic hydroxyl groups excluding tert-OH is 1. The lowest BCUT2D eigenvalue weighted by atomic mass is 10.1. The predicted octanol–water partition coefficient (Wildman–Crippen LogP) is 4.05. The molecule has 1 saturated heterocycles. The fourth-order valence-corrected chi connectivity index (χ4v) is 4.35. The Morgan fingerprint density at radius 1 is 1.06 bits per heavy atom. The van der Waals surface area contributed by atoms with Crippen LogP contribution in [0.4, 0.5) is 0 Å². The van der Waals surface area contributed by atoms with E-state index in [-0.39, 0.29) is 30.0 Å². The van der Waals surface area contributed by atoms with Crippen LogP contribution in [0.2, 0.25) is 0 Å². The lowest BCUT2D eigenvalue weighted by Crippen LogP contribution is -2.48. The van der Waals surface area contributed by atoms with Crippen molar-refractivity contribution in [2.75, 3.05) is 26.2 Å². The summed E-state index contributed by atoms with van der Waals surface area (Å²) in [6, 6.07) is 10.8. The average molecular weight is 454 g/mol. The molecule has 1 fully saturated rings. The number of benzene rings is 2. The van der Waals surface area contributed by atoms with Gasteiger partial charge in [-0.25, -0.2) is 0 Å². The SMILES string of the molecule is Cc1cc(C)cc(Oc2coc3cc(OC[C@@H](O)CN4C[C@H](C)O[C@@H](C)C4)ccc3c2=O)c1. The maximum Gasteiger partial charge on any atom is 0.235 e. The number of hydrogen-bond acceptors (Lipinski definition) is 7. The molecular weight excluding hydrogens is 422 g/mol. The molecule has 0 unspecified atom stereocenters. The fourth-order valence-electron chi connectivity index (χ4n) is 4.35. The maximum absolute atomic E-state index is 12.9.